The highest BCUT2D eigenvalue weighted by molar-refractivity contribution is 5.72. The number of likely N-dealkylation sites (tertiary alicyclic amines) is 1. The molecule has 0 bridgehead atoms. The van der Waals surface area contributed by atoms with Gasteiger partial charge in [0.05, 0.1) is 0 Å². The SMILES string of the molecule is CCO[C@@H](Cc1ccc(OCCNC2C3CN(Cc4cc(F)c(F)cc4F)CC32)cc1)C(=O)O. The van der Waals surface area contributed by atoms with E-state index in [9.17, 15) is 23.1 Å². The van der Waals surface area contributed by atoms with Crippen molar-refractivity contribution >= 4 is 5.97 Å². The number of halogens is 3. The first-order valence-corrected chi connectivity index (χ1v) is 11.5. The Morgan fingerprint density at radius 1 is 1.12 bits per heavy atom. The smallest absolute Gasteiger partial charge is 0.333 e. The lowest BCUT2D eigenvalue weighted by Crippen LogP contribution is -2.33. The van der Waals surface area contributed by atoms with Crippen LogP contribution in [0.2, 0.25) is 0 Å². The molecule has 0 aromatic heterocycles. The van der Waals surface area contributed by atoms with Gasteiger partial charge in [-0.1, -0.05) is 12.1 Å². The standard InChI is InChI=1S/C25H29F3N2O4/c1-2-33-23(25(31)32)9-15-3-5-17(6-4-15)34-8-7-29-24-18-13-30(14-19(18)24)12-16-10-21(27)22(28)11-20(16)26/h3-6,10-11,18-19,23-24,29H,2,7-9,12-14H2,1H3,(H,31,32)/t18?,19?,23-,24?/m0/s1. The van der Waals surface area contributed by atoms with Crippen molar-refractivity contribution in [3.63, 3.8) is 0 Å². The van der Waals surface area contributed by atoms with Gasteiger partial charge in [-0.15, -0.1) is 0 Å². The molecule has 184 valence electrons. The second-order valence-electron chi connectivity index (χ2n) is 8.84. The van der Waals surface area contributed by atoms with Gasteiger partial charge in [0.15, 0.2) is 17.7 Å². The fraction of sp³-hybridized carbons (Fsp3) is 0.480. The van der Waals surface area contributed by atoms with E-state index in [2.05, 4.69) is 10.2 Å². The van der Waals surface area contributed by atoms with E-state index >= 15 is 0 Å². The quantitative estimate of drug-likeness (QED) is 0.361. The van der Waals surface area contributed by atoms with Crippen LogP contribution >= 0.6 is 0 Å². The molecule has 2 fully saturated rings. The van der Waals surface area contributed by atoms with Crippen molar-refractivity contribution in [1.82, 2.24) is 10.2 Å². The number of carbonyl (C=O) groups is 1. The molecule has 2 unspecified atom stereocenters. The third-order valence-electron chi connectivity index (χ3n) is 6.49. The van der Waals surface area contributed by atoms with Gasteiger partial charge in [0, 0.05) is 56.9 Å². The van der Waals surface area contributed by atoms with Crippen LogP contribution in [0.5, 0.6) is 5.75 Å². The Morgan fingerprint density at radius 2 is 1.79 bits per heavy atom. The fourth-order valence-electron chi connectivity index (χ4n) is 4.72. The van der Waals surface area contributed by atoms with Crippen LogP contribution in [0, 0.1) is 29.3 Å². The lowest BCUT2D eigenvalue weighted by atomic mass is 10.1. The summed E-state index contributed by atoms with van der Waals surface area (Å²) in [7, 11) is 0. The van der Waals surface area contributed by atoms with Gasteiger partial charge < -0.3 is 19.9 Å². The van der Waals surface area contributed by atoms with Gasteiger partial charge in [-0.2, -0.15) is 0 Å². The molecular weight excluding hydrogens is 449 g/mol. The van der Waals surface area contributed by atoms with Crippen molar-refractivity contribution in [1.29, 1.82) is 0 Å². The van der Waals surface area contributed by atoms with Crippen LogP contribution in [0.3, 0.4) is 0 Å². The Kier molecular flexibility index (Phi) is 7.75. The number of aliphatic carboxylic acids is 1. The van der Waals surface area contributed by atoms with Gasteiger partial charge >= 0.3 is 5.97 Å². The second-order valence-corrected chi connectivity index (χ2v) is 8.84. The predicted molar refractivity (Wildman–Crippen MR) is 119 cm³/mol. The number of carboxylic acids is 1. The predicted octanol–water partition coefficient (Wildman–Crippen LogP) is 3.23. The van der Waals surface area contributed by atoms with Crippen molar-refractivity contribution in [3.8, 4) is 5.75 Å². The van der Waals surface area contributed by atoms with Crippen LogP contribution in [0.1, 0.15) is 18.1 Å². The van der Waals surface area contributed by atoms with Crippen molar-refractivity contribution < 1.29 is 32.5 Å². The summed E-state index contributed by atoms with van der Waals surface area (Å²) in [4.78, 5) is 13.3. The maximum absolute atomic E-state index is 13.9. The Bertz CT molecular complexity index is 992. The lowest BCUT2D eigenvalue weighted by Gasteiger charge is -2.20. The first kappa shape index (κ1) is 24.5. The summed E-state index contributed by atoms with van der Waals surface area (Å²) in [5.74, 6) is -2.22. The highest BCUT2D eigenvalue weighted by Crippen LogP contribution is 2.45. The summed E-state index contributed by atoms with van der Waals surface area (Å²) >= 11 is 0. The van der Waals surface area contributed by atoms with E-state index in [4.69, 9.17) is 9.47 Å². The van der Waals surface area contributed by atoms with Crippen LogP contribution in [0.15, 0.2) is 36.4 Å². The minimum Gasteiger partial charge on any atom is -0.492 e. The van der Waals surface area contributed by atoms with E-state index in [1.165, 1.54) is 0 Å². The Balaban J connectivity index is 1.14. The van der Waals surface area contributed by atoms with Crippen LogP contribution < -0.4 is 10.1 Å². The van der Waals surface area contributed by atoms with Gasteiger partial charge in [-0.3, -0.25) is 4.90 Å². The highest BCUT2D eigenvalue weighted by Gasteiger charge is 2.55. The zero-order chi connectivity index (χ0) is 24.2. The number of fused-ring (bicyclic) bond motifs is 1. The van der Waals surface area contributed by atoms with Crippen molar-refractivity contribution in [2.45, 2.75) is 32.0 Å². The number of carboxylic acid groups (broad SMARTS) is 1. The van der Waals surface area contributed by atoms with Gasteiger partial charge in [0.2, 0.25) is 0 Å². The maximum atomic E-state index is 13.9. The van der Waals surface area contributed by atoms with Crippen LogP contribution in [-0.4, -0.2) is 61.0 Å². The summed E-state index contributed by atoms with van der Waals surface area (Å²) in [5.41, 5.74) is 1.05. The molecule has 1 aliphatic carbocycles. The monoisotopic (exact) mass is 478 g/mol. The average molecular weight is 479 g/mol. The molecule has 3 atom stereocenters. The average Bonchev–Trinajstić information content (AvgIpc) is 3.25. The molecule has 6 nitrogen and oxygen atoms in total. The molecule has 0 radical (unpaired) electrons. The Morgan fingerprint density at radius 3 is 2.44 bits per heavy atom. The minimum absolute atomic E-state index is 0.181. The lowest BCUT2D eigenvalue weighted by molar-refractivity contribution is -0.149. The number of hydrogen-bond donors (Lipinski definition) is 2. The zero-order valence-corrected chi connectivity index (χ0v) is 19.0. The molecular formula is C25H29F3N2O4. The summed E-state index contributed by atoms with van der Waals surface area (Å²) in [5, 5.41) is 12.7. The highest BCUT2D eigenvalue weighted by atomic mass is 19.2. The number of nitrogens with one attached hydrogen (secondary N) is 1. The number of benzene rings is 2. The minimum atomic E-state index is -1.17. The molecule has 0 amide bonds. The molecule has 1 heterocycles. The molecule has 1 saturated carbocycles. The number of nitrogens with zero attached hydrogens (tertiary/aromatic N) is 1. The zero-order valence-electron chi connectivity index (χ0n) is 19.0. The molecule has 2 N–H and O–H groups in total. The molecule has 9 heteroatoms. The van der Waals surface area contributed by atoms with Crippen molar-refractivity contribution in [2.24, 2.45) is 11.8 Å². The summed E-state index contributed by atoms with van der Waals surface area (Å²) < 4.78 is 51.4. The van der Waals surface area contributed by atoms with Gasteiger partial charge in [-0.25, -0.2) is 18.0 Å². The maximum Gasteiger partial charge on any atom is 0.333 e. The third-order valence-corrected chi connectivity index (χ3v) is 6.49. The number of ether oxygens (including phenoxy) is 2. The molecule has 1 aliphatic heterocycles. The summed E-state index contributed by atoms with van der Waals surface area (Å²) in [6.07, 6.45) is -0.555. The van der Waals surface area contributed by atoms with Gasteiger partial charge in [0.1, 0.15) is 18.2 Å². The van der Waals surface area contributed by atoms with Crippen molar-refractivity contribution in [2.75, 3.05) is 32.8 Å². The van der Waals surface area contributed by atoms with Crippen LogP contribution in [-0.2, 0) is 22.5 Å². The third kappa shape index (κ3) is 5.89. The first-order valence-electron chi connectivity index (χ1n) is 11.5. The van der Waals surface area contributed by atoms with Gasteiger partial charge in [0.25, 0.3) is 0 Å². The fourth-order valence-corrected chi connectivity index (χ4v) is 4.72. The molecule has 1 saturated heterocycles. The first-order chi connectivity index (χ1) is 16.4. The van der Waals surface area contributed by atoms with E-state index in [-0.39, 0.29) is 12.1 Å². The molecule has 2 aliphatic rings. The van der Waals surface area contributed by atoms with E-state index < -0.39 is 29.5 Å². The Hall–Kier alpha value is -2.62. The van der Waals surface area contributed by atoms with E-state index in [0.29, 0.717) is 55.9 Å². The van der Waals surface area contributed by atoms with Gasteiger partial charge in [-0.05, 0) is 42.5 Å². The summed E-state index contributed by atoms with van der Waals surface area (Å²) in [6, 6.07) is 9.26. The second kappa shape index (κ2) is 10.8. The number of piperidine rings is 1. The normalized spacial score (nSPS) is 22.4. The summed E-state index contributed by atoms with van der Waals surface area (Å²) in [6.45, 7) is 5.16. The Labute approximate surface area is 196 Å². The van der Waals surface area contributed by atoms with E-state index in [1.54, 1.807) is 6.92 Å². The number of rotatable bonds is 12. The van der Waals surface area contributed by atoms with E-state index in [0.717, 1.165) is 24.7 Å². The topological polar surface area (TPSA) is 71.0 Å². The molecule has 2 aromatic rings. The largest absolute Gasteiger partial charge is 0.492 e. The molecule has 34 heavy (non-hydrogen) atoms. The van der Waals surface area contributed by atoms with E-state index in [1.807, 2.05) is 24.3 Å². The van der Waals surface area contributed by atoms with Crippen molar-refractivity contribution in [3.05, 3.63) is 65.0 Å². The number of hydrogen-bond acceptors (Lipinski definition) is 5. The van der Waals surface area contributed by atoms with Crippen LogP contribution in [0.25, 0.3) is 0 Å². The molecule has 2 aromatic carbocycles. The molecule has 0 spiro atoms. The molecule has 4 rings (SSSR count). The van der Waals surface area contributed by atoms with Crippen LogP contribution in [0.4, 0.5) is 13.2 Å².